The minimum absolute atomic E-state index is 0.0147. The number of hydrogen-bond acceptors (Lipinski definition) is 7. The maximum atomic E-state index is 12.8. The predicted molar refractivity (Wildman–Crippen MR) is 118 cm³/mol. The van der Waals surface area contributed by atoms with E-state index in [1.807, 2.05) is 13.8 Å². The van der Waals surface area contributed by atoms with Gasteiger partial charge < -0.3 is 24.5 Å². The van der Waals surface area contributed by atoms with Gasteiger partial charge >= 0.3 is 5.69 Å². The van der Waals surface area contributed by atoms with Gasteiger partial charge in [-0.05, 0) is 37.6 Å². The van der Waals surface area contributed by atoms with E-state index in [2.05, 4.69) is 10.3 Å². The molecule has 2 heterocycles. The summed E-state index contributed by atoms with van der Waals surface area (Å²) in [5, 5.41) is 13.9. The van der Waals surface area contributed by atoms with Crippen LogP contribution in [-0.4, -0.2) is 49.7 Å². The number of aromatic nitrogens is 4. The van der Waals surface area contributed by atoms with Crippen LogP contribution < -0.4 is 26.0 Å². The molecule has 3 aromatic rings. The molecule has 0 saturated heterocycles. The van der Waals surface area contributed by atoms with Crippen molar-refractivity contribution < 1.29 is 14.6 Å². The van der Waals surface area contributed by atoms with Crippen molar-refractivity contribution in [2.24, 2.45) is 14.1 Å². The summed E-state index contributed by atoms with van der Waals surface area (Å²) >= 11 is 0. The minimum atomic E-state index is -0.918. The molecule has 10 nitrogen and oxygen atoms in total. The second kappa shape index (κ2) is 9.25. The van der Waals surface area contributed by atoms with Crippen LogP contribution in [0.1, 0.15) is 20.3 Å². The first-order valence-electron chi connectivity index (χ1n) is 10.1. The molecule has 0 amide bonds. The van der Waals surface area contributed by atoms with Crippen LogP contribution in [0.25, 0.3) is 11.2 Å². The Morgan fingerprint density at radius 2 is 1.77 bits per heavy atom. The van der Waals surface area contributed by atoms with Crippen molar-refractivity contribution in [3.05, 3.63) is 45.1 Å². The number of hydrogen-bond donors (Lipinski definition) is 2. The predicted octanol–water partition coefficient (Wildman–Crippen LogP) is 1.09. The van der Waals surface area contributed by atoms with Crippen molar-refractivity contribution >= 4 is 17.1 Å². The van der Waals surface area contributed by atoms with Crippen LogP contribution in [0, 0.1) is 0 Å². The highest BCUT2D eigenvalue weighted by Gasteiger charge is 2.22. The number of rotatable bonds is 9. The number of aliphatic hydroxyl groups is 1. The number of benzene rings is 1. The fourth-order valence-corrected chi connectivity index (χ4v) is 3.18. The Morgan fingerprint density at radius 1 is 1.13 bits per heavy atom. The average molecular weight is 431 g/mol. The van der Waals surface area contributed by atoms with Crippen molar-refractivity contribution in [1.29, 1.82) is 0 Å². The summed E-state index contributed by atoms with van der Waals surface area (Å²) < 4.78 is 14.8. The number of aryl methyl sites for hydroxylation is 1. The fraction of sp³-hybridized carbons (Fsp3) is 0.476. The Labute approximate surface area is 179 Å². The van der Waals surface area contributed by atoms with Crippen molar-refractivity contribution in [1.82, 2.24) is 18.7 Å². The van der Waals surface area contributed by atoms with Gasteiger partial charge in [0, 0.05) is 20.1 Å². The van der Waals surface area contributed by atoms with Crippen LogP contribution in [0.3, 0.4) is 0 Å². The summed E-state index contributed by atoms with van der Waals surface area (Å²) in [6.45, 7) is 4.10. The van der Waals surface area contributed by atoms with Gasteiger partial charge in [0.1, 0.15) is 24.2 Å². The van der Waals surface area contributed by atoms with Crippen LogP contribution in [0.2, 0.25) is 0 Å². The molecule has 0 aliphatic carbocycles. The molecular formula is C21H29N5O5. The third-order valence-electron chi connectivity index (χ3n) is 5.23. The van der Waals surface area contributed by atoms with Crippen molar-refractivity contribution in [3.8, 4) is 11.5 Å². The van der Waals surface area contributed by atoms with Gasteiger partial charge in [-0.1, -0.05) is 6.92 Å². The molecule has 2 N–H and O–H groups in total. The second-order valence-electron chi connectivity index (χ2n) is 7.52. The first kappa shape index (κ1) is 22.4. The Bertz CT molecular complexity index is 1160. The highest BCUT2D eigenvalue weighted by Crippen LogP contribution is 2.19. The van der Waals surface area contributed by atoms with E-state index in [-0.39, 0.29) is 30.4 Å². The van der Waals surface area contributed by atoms with Gasteiger partial charge in [0.25, 0.3) is 5.56 Å². The standard InChI is InChI=1S/C21H29N5O5/c1-6-13(2)22-20-23-18-17(19(28)25(4)21(29)24(18)3)26(20)11-14(27)12-31-16-9-7-15(30-5)8-10-16/h7-10,13-14,27H,6,11-12H2,1-5H3,(H,22,23)/t13-,14+/m1/s1. The molecule has 2 aromatic heterocycles. The van der Waals surface area contributed by atoms with Crippen LogP contribution in [-0.2, 0) is 20.6 Å². The van der Waals surface area contributed by atoms with Crippen molar-refractivity contribution in [2.75, 3.05) is 19.0 Å². The lowest BCUT2D eigenvalue weighted by Gasteiger charge is -2.18. The summed E-state index contributed by atoms with van der Waals surface area (Å²) in [5.74, 6) is 1.72. The topological polar surface area (TPSA) is 113 Å². The maximum absolute atomic E-state index is 12.8. The number of nitrogens with one attached hydrogen (secondary N) is 1. The molecule has 0 spiro atoms. The highest BCUT2D eigenvalue weighted by atomic mass is 16.5. The van der Waals surface area contributed by atoms with Crippen LogP contribution in [0.4, 0.5) is 5.95 Å². The summed E-state index contributed by atoms with van der Waals surface area (Å²) in [7, 11) is 4.57. The highest BCUT2D eigenvalue weighted by molar-refractivity contribution is 5.74. The Hall–Kier alpha value is -3.27. The number of nitrogens with zero attached hydrogens (tertiary/aromatic N) is 4. The van der Waals surface area contributed by atoms with Crippen LogP contribution in [0.5, 0.6) is 11.5 Å². The van der Waals surface area contributed by atoms with E-state index in [0.717, 1.165) is 11.0 Å². The molecule has 0 fully saturated rings. The minimum Gasteiger partial charge on any atom is -0.497 e. The third-order valence-corrected chi connectivity index (χ3v) is 5.23. The Morgan fingerprint density at radius 3 is 2.39 bits per heavy atom. The molecule has 0 aliphatic heterocycles. The lowest BCUT2D eigenvalue weighted by Crippen LogP contribution is -2.38. The molecular weight excluding hydrogens is 402 g/mol. The van der Waals surface area contributed by atoms with Gasteiger partial charge in [-0.15, -0.1) is 0 Å². The van der Waals surface area contributed by atoms with Gasteiger partial charge in [-0.2, -0.15) is 4.98 Å². The number of methoxy groups -OCH3 is 1. The molecule has 1 aromatic carbocycles. The molecule has 0 bridgehead atoms. The first-order chi connectivity index (χ1) is 14.8. The molecule has 2 atom stereocenters. The van der Waals surface area contributed by atoms with Gasteiger partial charge in [0.15, 0.2) is 11.2 Å². The van der Waals surface area contributed by atoms with Gasteiger partial charge in [0.05, 0.1) is 13.7 Å². The molecule has 0 aliphatic rings. The van der Waals surface area contributed by atoms with Gasteiger partial charge in [-0.25, -0.2) is 4.79 Å². The van der Waals surface area contributed by atoms with E-state index in [4.69, 9.17) is 9.47 Å². The Kier molecular flexibility index (Phi) is 6.69. The van der Waals surface area contributed by atoms with Crippen LogP contribution in [0.15, 0.2) is 33.9 Å². The average Bonchev–Trinajstić information content (AvgIpc) is 3.12. The second-order valence-corrected chi connectivity index (χ2v) is 7.52. The summed E-state index contributed by atoms with van der Waals surface area (Å²) in [4.78, 5) is 29.6. The third kappa shape index (κ3) is 4.58. The number of fused-ring (bicyclic) bond motifs is 1. The number of anilines is 1. The van der Waals surface area contributed by atoms with E-state index in [1.165, 1.54) is 11.6 Å². The normalized spacial score (nSPS) is 13.2. The van der Waals surface area contributed by atoms with Gasteiger partial charge in [-0.3, -0.25) is 13.9 Å². The quantitative estimate of drug-likeness (QED) is 0.522. The zero-order chi connectivity index (χ0) is 22.7. The maximum Gasteiger partial charge on any atom is 0.332 e. The first-order valence-corrected chi connectivity index (χ1v) is 10.1. The van der Waals surface area contributed by atoms with E-state index >= 15 is 0 Å². The summed E-state index contributed by atoms with van der Waals surface area (Å²) in [5.41, 5.74) is -0.409. The SMILES string of the molecule is CC[C@@H](C)Nc1nc2c(c(=O)n(C)c(=O)n2C)n1C[C@H](O)COc1ccc(OC)cc1. The molecule has 168 valence electrons. The lowest BCUT2D eigenvalue weighted by molar-refractivity contribution is 0.0937. The number of imidazole rings is 1. The molecule has 3 rings (SSSR count). The van der Waals surface area contributed by atoms with Crippen molar-refractivity contribution in [2.45, 2.75) is 39.0 Å². The van der Waals surface area contributed by atoms with Crippen molar-refractivity contribution in [3.63, 3.8) is 0 Å². The molecule has 0 radical (unpaired) electrons. The van der Waals surface area contributed by atoms with Crippen LogP contribution >= 0.6 is 0 Å². The zero-order valence-corrected chi connectivity index (χ0v) is 18.5. The molecule has 0 unspecified atom stereocenters. The monoisotopic (exact) mass is 431 g/mol. The molecule has 10 heteroatoms. The smallest absolute Gasteiger partial charge is 0.332 e. The number of ether oxygens (including phenoxy) is 2. The van der Waals surface area contributed by atoms with E-state index < -0.39 is 17.4 Å². The Balaban J connectivity index is 1.91. The van der Waals surface area contributed by atoms with E-state index in [9.17, 15) is 14.7 Å². The largest absolute Gasteiger partial charge is 0.497 e. The summed E-state index contributed by atoms with van der Waals surface area (Å²) in [6.07, 6.45) is -0.0811. The zero-order valence-electron chi connectivity index (χ0n) is 18.5. The van der Waals surface area contributed by atoms with E-state index in [0.29, 0.717) is 17.4 Å². The van der Waals surface area contributed by atoms with E-state index in [1.54, 1.807) is 43.0 Å². The number of aliphatic hydroxyl groups excluding tert-OH is 1. The molecule has 31 heavy (non-hydrogen) atoms. The fourth-order valence-electron chi connectivity index (χ4n) is 3.18. The summed E-state index contributed by atoms with van der Waals surface area (Å²) in [6, 6.07) is 7.12. The van der Waals surface area contributed by atoms with Gasteiger partial charge in [0.2, 0.25) is 5.95 Å². The lowest BCUT2D eigenvalue weighted by atomic mass is 10.3. The molecule has 0 saturated carbocycles.